The highest BCUT2D eigenvalue weighted by molar-refractivity contribution is 7.00. The van der Waals surface area contributed by atoms with E-state index in [-0.39, 0.29) is 11.5 Å². The molecule has 200 valence electrons. The van der Waals surface area contributed by atoms with Gasteiger partial charge in [-0.1, -0.05) is 81.4 Å². The van der Waals surface area contributed by atoms with E-state index in [1.165, 1.54) is 0 Å². The summed E-state index contributed by atoms with van der Waals surface area (Å²) in [5, 5.41) is 1.96. The Bertz CT molecular complexity index is 1250. The maximum absolute atomic E-state index is 13.1. The Morgan fingerprint density at radius 3 is 1.74 bits per heavy atom. The average Bonchev–Trinajstić information content (AvgIpc) is 2.86. The number of carbonyl (C=O) groups is 2. The molecule has 0 N–H and O–H groups in total. The number of hydrogen-bond donors (Lipinski definition) is 0. The average molecular weight is 533 g/mol. The molecule has 0 radical (unpaired) electrons. The van der Waals surface area contributed by atoms with Crippen LogP contribution in [-0.2, 0) is 25.5 Å². The fourth-order valence-electron chi connectivity index (χ4n) is 5.04. The number of hydrogen-bond acceptors (Lipinski definition) is 6. The van der Waals surface area contributed by atoms with Crippen molar-refractivity contribution in [1.29, 1.82) is 0 Å². The Labute approximate surface area is 226 Å². The van der Waals surface area contributed by atoms with Crippen molar-refractivity contribution in [2.45, 2.75) is 58.8 Å². The first-order valence-corrected chi connectivity index (χ1v) is 14.7. The van der Waals surface area contributed by atoms with Gasteiger partial charge in [0.2, 0.25) is 0 Å². The van der Waals surface area contributed by atoms with Crippen molar-refractivity contribution in [2.75, 3.05) is 7.11 Å². The monoisotopic (exact) mass is 532 g/mol. The molecule has 0 aromatic heterocycles. The molecule has 1 heterocycles. The molecule has 0 aliphatic carbocycles. The highest BCUT2D eigenvalue weighted by Crippen LogP contribution is 2.42. The van der Waals surface area contributed by atoms with Gasteiger partial charge in [-0.25, -0.2) is 0 Å². The van der Waals surface area contributed by atoms with Crippen LogP contribution < -0.4 is 19.5 Å². The quantitative estimate of drug-likeness (QED) is 0.242. The van der Waals surface area contributed by atoms with E-state index in [0.717, 1.165) is 10.4 Å². The fraction of sp³-hybridized carbons (Fsp3) is 0.355. The van der Waals surface area contributed by atoms with Gasteiger partial charge in [-0.2, -0.15) is 0 Å². The summed E-state index contributed by atoms with van der Waals surface area (Å²) in [6.45, 7) is 11.2. The number of cyclic esters (lactones) is 2. The molecule has 3 aromatic rings. The van der Waals surface area contributed by atoms with Gasteiger partial charge < -0.3 is 18.6 Å². The number of ether oxygens (including phenoxy) is 3. The molecule has 3 aromatic carbocycles. The lowest BCUT2D eigenvalue weighted by Gasteiger charge is -2.43. The SMILES string of the molecule is COc1ccc(O[Si](c2ccccc2)(c2ccccc2)C(C)(C)C)c(CC2(C)C(=O)OC(C)(C)OC2=O)c1. The van der Waals surface area contributed by atoms with Crippen molar-refractivity contribution in [2.24, 2.45) is 5.41 Å². The topological polar surface area (TPSA) is 71.1 Å². The van der Waals surface area contributed by atoms with Crippen LogP contribution in [0.5, 0.6) is 11.5 Å². The summed E-state index contributed by atoms with van der Waals surface area (Å²) in [6, 6.07) is 26.1. The molecule has 0 saturated carbocycles. The summed E-state index contributed by atoms with van der Waals surface area (Å²) in [5.41, 5.74) is -0.876. The van der Waals surface area contributed by atoms with E-state index in [2.05, 4.69) is 45.0 Å². The minimum absolute atomic E-state index is 0.0332. The van der Waals surface area contributed by atoms with Gasteiger partial charge in [-0.15, -0.1) is 0 Å². The molecule has 6 nitrogen and oxygen atoms in total. The molecule has 0 atom stereocenters. The van der Waals surface area contributed by atoms with E-state index in [1.807, 2.05) is 54.6 Å². The molecule has 1 fully saturated rings. The molecule has 1 aliphatic heterocycles. The summed E-state index contributed by atoms with van der Waals surface area (Å²) >= 11 is 0. The Morgan fingerprint density at radius 2 is 1.29 bits per heavy atom. The molecular formula is C31H36O6Si. The van der Waals surface area contributed by atoms with Crippen molar-refractivity contribution >= 4 is 30.6 Å². The number of esters is 2. The lowest BCUT2D eigenvalue weighted by molar-refractivity contribution is -0.249. The van der Waals surface area contributed by atoms with E-state index in [4.69, 9.17) is 18.6 Å². The molecule has 4 rings (SSSR count). The van der Waals surface area contributed by atoms with Gasteiger partial charge >= 0.3 is 20.3 Å². The normalized spacial score (nSPS) is 16.8. The molecule has 0 spiro atoms. The van der Waals surface area contributed by atoms with Crippen molar-refractivity contribution in [3.63, 3.8) is 0 Å². The van der Waals surface area contributed by atoms with Gasteiger partial charge in [0.25, 0.3) is 5.79 Å². The number of methoxy groups -OCH3 is 1. The number of rotatable bonds is 7. The number of benzene rings is 3. The molecule has 1 saturated heterocycles. The molecular weight excluding hydrogens is 496 g/mol. The maximum atomic E-state index is 13.1. The van der Waals surface area contributed by atoms with E-state index in [1.54, 1.807) is 27.9 Å². The molecule has 0 bridgehead atoms. The van der Waals surface area contributed by atoms with Gasteiger partial charge in [0.05, 0.1) is 7.11 Å². The van der Waals surface area contributed by atoms with Crippen LogP contribution in [0.1, 0.15) is 47.1 Å². The summed E-state index contributed by atoms with van der Waals surface area (Å²) < 4.78 is 23.7. The Morgan fingerprint density at radius 1 is 0.789 bits per heavy atom. The van der Waals surface area contributed by atoms with Crippen LogP contribution in [0.25, 0.3) is 0 Å². The van der Waals surface area contributed by atoms with Crippen LogP contribution in [0.4, 0.5) is 0 Å². The minimum Gasteiger partial charge on any atom is -0.534 e. The van der Waals surface area contributed by atoms with E-state index < -0.39 is 31.5 Å². The third kappa shape index (κ3) is 4.95. The third-order valence-corrected chi connectivity index (χ3v) is 12.0. The highest BCUT2D eigenvalue weighted by Gasteiger charge is 2.55. The summed E-state index contributed by atoms with van der Waals surface area (Å²) in [5.74, 6) is -1.38. The molecule has 38 heavy (non-hydrogen) atoms. The Balaban J connectivity index is 1.89. The zero-order valence-corrected chi connectivity index (χ0v) is 24.2. The number of carbonyl (C=O) groups excluding carboxylic acids is 2. The second kappa shape index (κ2) is 9.95. The smallest absolute Gasteiger partial charge is 0.326 e. The molecule has 0 unspecified atom stereocenters. The minimum atomic E-state index is -2.97. The van der Waals surface area contributed by atoms with Crippen LogP contribution in [0.2, 0.25) is 5.04 Å². The van der Waals surface area contributed by atoms with Gasteiger partial charge in [0, 0.05) is 20.3 Å². The predicted octanol–water partition coefficient (Wildman–Crippen LogP) is 5.02. The third-order valence-electron chi connectivity index (χ3n) is 7.07. The van der Waals surface area contributed by atoms with E-state index >= 15 is 0 Å². The van der Waals surface area contributed by atoms with Crippen LogP contribution in [0, 0.1) is 5.41 Å². The van der Waals surface area contributed by atoms with Crippen molar-refractivity contribution in [3.8, 4) is 11.5 Å². The van der Waals surface area contributed by atoms with E-state index in [9.17, 15) is 9.59 Å². The lowest BCUT2D eigenvalue weighted by atomic mass is 9.82. The standard InChI is InChI=1S/C31H36O6Si/c1-29(2,3)38(24-14-10-8-11-15-24,25-16-12-9-13-17-25)37-26-19-18-23(34-7)20-22(26)21-31(6)27(32)35-30(4,5)36-28(31)33/h8-20H,21H2,1-7H3. The molecule has 7 heteroatoms. The van der Waals surface area contributed by atoms with Gasteiger partial charge in [-0.05, 0) is 46.1 Å². The predicted molar refractivity (Wildman–Crippen MR) is 149 cm³/mol. The summed E-state index contributed by atoms with van der Waals surface area (Å²) in [4.78, 5) is 26.2. The first-order chi connectivity index (χ1) is 17.8. The van der Waals surface area contributed by atoms with Crippen molar-refractivity contribution in [3.05, 3.63) is 84.4 Å². The van der Waals surface area contributed by atoms with Crippen LogP contribution in [0.15, 0.2) is 78.9 Å². The van der Waals surface area contributed by atoms with Gasteiger partial charge in [0.15, 0.2) is 5.41 Å². The first-order valence-electron chi connectivity index (χ1n) is 12.8. The summed E-state index contributed by atoms with van der Waals surface area (Å²) in [7, 11) is -1.39. The second-order valence-corrected chi connectivity index (χ2v) is 15.6. The van der Waals surface area contributed by atoms with Gasteiger partial charge in [0.1, 0.15) is 11.5 Å². The summed E-state index contributed by atoms with van der Waals surface area (Å²) in [6.07, 6.45) is 0.0332. The first kappa shape index (κ1) is 27.5. The largest absolute Gasteiger partial charge is 0.534 e. The highest BCUT2D eigenvalue weighted by atomic mass is 28.4. The van der Waals surface area contributed by atoms with Crippen LogP contribution in [-0.4, -0.2) is 33.2 Å². The Hall–Kier alpha value is -3.58. The lowest BCUT2D eigenvalue weighted by Crippen LogP contribution is -2.69. The molecule has 1 aliphatic rings. The Kier molecular flexibility index (Phi) is 7.19. The zero-order valence-electron chi connectivity index (χ0n) is 23.2. The molecule has 0 amide bonds. The fourth-order valence-corrected chi connectivity index (χ4v) is 9.50. The van der Waals surface area contributed by atoms with Crippen LogP contribution >= 0.6 is 0 Å². The zero-order chi connectivity index (χ0) is 27.8. The van der Waals surface area contributed by atoms with Gasteiger partial charge in [-0.3, -0.25) is 9.59 Å². The van der Waals surface area contributed by atoms with Crippen molar-refractivity contribution < 1.29 is 28.2 Å². The maximum Gasteiger partial charge on any atom is 0.326 e. The van der Waals surface area contributed by atoms with Crippen LogP contribution in [0.3, 0.4) is 0 Å². The van der Waals surface area contributed by atoms with E-state index in [0.29, 0.717) is 17.1 Å². The van der Waals surface area contributed by atoms with Crippen molar-refractivity contribution in [1.82, 2.24) is 0 Å². The second-order valence-electron chi connectivity index (χ2n) is 11.4.